The molecule has 4 rings (SSSR count). The molecule has 1 unspecified atom stereocenters. The van der Waals surface area contributed by atoms with Crippen molar-refractivity contribution in [1.29, 1.82) is 0 Å². The van der Waals surface area contributed by atoms with Crippen LogP contribution in [0.1, 0.15) is 36.8 Å². The molecule has 2 saturated heterocycles. The van der Waals surface area contributed by atoms with Crippen LogP contribution in [0, 0.1) is 23.3 Å². The van der Waals surface area contributed by atoms with Gasteiger partial charge >= 0.3 is 0 Å². The van der Waals surface area contributed by atoms with Crippen LogP contribution in [0.4, 0.5) is 17.6 Å². The first-order chi connectivity index (χ1) is 17.3. The van der Waals surface area contributed by atoms with Crippen LogP contribution in [0.2, 0.25) is 0 Å². The lowest BCUT2D eigenvalue weighted by Crippen LogP contribution is -2.53. The van der Waals surface area contributed by atoms with Crippen molar-refractivity contribution in [3.05, 3.63) is 70.8 Å². The molecular formula is C26H33Cl3F4N4O. The van der Waals surface area contributed by atoms with Crippen molar-refractivity contribution in [2.75, 3.05) is 26.2 Å². The molecule has 2 aromatic carbocycles. The number of nitrogens with one attached hydrogen (secondary N) is 2. The number of halogens is 7. The van der Waals surface area contributed by atoms with E-state index in [4.69, 9.17) is 11.6 Å². The zero-order valence-electron chi connectivity index (χ0n) is 20.8. The molecule has 0 bridgehead atoms. The summed E-state index contributed by atoms with van der Waals surface area (Å²) in [5.74, 6) is -3.87. The van der Waals surface area contributed by atoms with Gasteiger partial charge in [0.15, 0.2) is 28.8 Å². The molecule has 0 radical (unpaired) electrons. The number of amides is 1. The minimum atomic E-state index is -0.957. The van der Waals surface area contributed by atoms with Gasteiger partial charge in [0.1, 0.15) is 0 Å². The van der Waals surface area contributed by atoms with Crippen LogP contribution >= 0.6 is 36.4 Å². The van der Waals surface area contributed by atoms with Crippen molar-refractivity contribution in [2.24, 2.45) is 0 Å². The molecule has 212 valence electrons. The van der Waals surface area contributed by atoms with E-state index in [1.165, 1.54) is 12.1 Å². The second-order valence-electron chi connectivity index (χ2n) is 9.55. The van der Waals surface area contributed by atoms with E-state index in [1.54, 1.807) is 6.07 Å². The van der Waals surface area contributed by atoms with Gasteiger partial charge in [0.2, 0.25) is 0 Å². The van der Waals surface area contributed by atoms with E-state index in [1.807, 2.05) is 4.90 Å². The topological polar surface area (TPSA) is 47.6 Å². The number of alkyl halides is 1. The van der Waals surface area contributed by atoms with Gasteiger partial charge in [-0.2, -0.15) is 0 Å². The number of hydrogen-bond donors (Lipinski definition) is 2. The average Bonchev–Trinajstić information content (AvgIpc) is 2.88. The molecule has 0 spiro atoms. The second kappa shape index (κ2) is 15.2. The van der Waals surface area contributed by atoms with Crippen LogP contribution in [-0.4, -0.2) is 59.5 Å². The molecule has 5 nitrogen and oxygen atoms in total. The van der Waals surface area contributed by atoms with Crippen molar-refractivity contribution in [3.63, 3.8) is 0 Å². The minimum Gasteiger partial charge on any atom is -0.351 e. The summed E-state index contributed by atoms with van der Waals surface area (Å²) in [4.78, 5) is 17.1. The number of nitrogens with zero attached hydrogens (tertiary/aromatic N) is 2. The lowest BCUT2D eigenvalue weighted by atomic mass is 10.0. The third kappa shape index (κ3) is 8.69. The first-order valence-corrected chi connectivity index (χ1v) is 12.7. The molecule has 2 aliphatic rings. The van der Waals surface area contributed by atoms with Crippen molar-refractivity contribution >= 4 is 42.3 Å². The molecule has 12 heteroatoms. The highest BCUT2D eigenvalue weighted by molar-refractivity contribution is 6.30. The Kier molecular flexibility index (Phi) is 13.1. The van der Waals surface area contributed by atoms with Gasteiger partial charge in [-0.1, -0.05) is 23.7 Å². The number of rotatable bonds is 8. The maximum absolute atomic E-state index is 13.8. The van der Waals surface area contributed by atoms with Crippen molar-refractivity contribution in [1.82, 2.24) is 20.4 Å². The molecule has 2 fully saturated rings. The van der Waals surface area contributed by atoms with Crippen LogP contribution < -0.4 is 10.6 Å². The summed E-state index contributed by atoms with van der Waals surface area (Å²) < 4.78 is 53.9. The fraction of sp³-hybridized carbons (Fsp3) is 0.500. The highest BCUT2D eigenvalue weighted by Gasteiger charge is 2.32. The maximum Gasteiger partial charge on any atom is 0.253 e. The van der Waals surface area contributed by atoms with Crippen molar-refractivity contribution in [2.45, 2.75) is 56.4 Å². The Morgan fingerprint density at radius 3 is 2.05 bits per heavy atom. The van der Waals surface area contributed by atoms with E-state index in [9.17, 15) is 22.4 Å². The van der Waals surface area contributed by atoms with Gasteiger partial charge in [-0.15, -0.1) is 24.8 Å². The summed E-state index contributed by atoms with van der Waals surface area (Å²) in [5.41, 5.74) is 0.296. The van der Waals surface area contributed by atoms with Crippen molar-refractivity contribution < 1.29 is 22.4 Å². The number of hydrogen-bond acceptors (Lipinski definition) is 4. The highest BCUT2D eigenvalue weighted by Crippen LogP contribution is 2.23. The first-order valence-electron chi connectivity index (χ1n) is 12.3. The number of carbonyl (C=O) groups excluding carboxylic acids is 1. The number of benzene rings is 2. The summed E-state index contributed by atoms with van der Waals surface area (Å²) in [6.07, 6.45) is 3.00. The summed E-state index contributed by atoms with van der Waals surface area (Å²) in [7, 11) is 0. The summed E-state index contributed by atoms with van der Waals surface area (Å²) in [5, 5.41) is 6.33. The molecular weight excluding hydrogens is 567 g/mol. The fourth-order valence-electron chi connectivity index (χ4n) is 4.93. The first kappa shape index (κ1) is 32.6. The highest BCUT2D eigenvalue weighted by atomic mass is 35.5. The molecule has 2 heterocycles. The van der Waals surface area contributed by atoms with Crippen molar-refractivity contribution in [3.8, 4) is 0 Å². The van der Waals surface area contributed by atoms with E-state index in [-0.39, 0.29) is 49.3 Å². The zero-order valence-corrected chi connectivity index (χ0v) is 23.2. The third-order valence-corrected chi connectivity index (χ3v) is 7.41. The summed E-state index contributed by atoms with van der Waals surface area (Å²) >= 11 is 6.68. The van der Waals surface area contributed by atoms with Gasteiger partial charge in [0.25, 0.3) is 5.91 Å². The van der Waals surface area contributed by atoms with Crippen LogP contribution in [0.3, 0.4) is 0 Å². The lowest BCUT2D eigenvalue weighted by molar-refractivity contribution is -0.125. The van der Waals surface area contributed by atoms with Gasteiger partial charge in [-0.3, -0.25) is 14.6 Å². The molecule has 0 aliphatic carbocycles. The van der Waals surface area contributed by atoms with Crippen LogP contribution in [0.25, 0.3) is 0 Å². The number of carbonyl (C=O) groups is 1. The van der Waals surface area contributed by atoms with Crippen LogP contribution in [0.15, 0.2) is 36.4 Å². The summed E-state index contributed by atoms with van der Waals surface area (Å²) in [6.45, 7) is 3.72. The average molecular weight is 600 g/mol. The molecule has 2 aliphatic heterocycles. The van der Waals surface area contributed by atoms with E-state index in [2.05, 4.69) is 15.5 Å². The van der Waals surface area contributed by atoms with E-state index in [0.29, 0.717) is 43.6 Å². The molecule has 0 aromatic heterocycles. The van der Waals surface area contributed by atoms with E-state index < -0.39 is 28.8 Å². The molecule has 1 atom stereocenters. The zero-order chi connectivity index (χ0) is 25.7. The molecule has 1 amide bonds. The quantitative estimate of drug-likeness (QED) is 0.255. The predicted octanol–water partition coefficient (Wildman–Crippen LogP) is 4.99. The predicted molar refractivity (Wildman–Crippen MR) is 145 cm³/mol. The van der Waals surface area contributed by atoms with Gasteiger partial charge in [0, 0.05) is 38.3 Å². The Labute approximate surface area is 238 Å². The lowest BCUT2D eigenvalue weighted by Gasteiger charge is -2.38. The Balaban J connectivity index is 0.00000253. The normalized spacial score (nSPS) is 17.9. The largest absolute Gasteiger partial charge is 0.351 e. The SMILES string of the molecule is Cl.Cl.O=C(NC1CCN(Cc2ccc(F)c(F)c2)CC1)C(Cl)N(Cc1ccc(F)c(F)c1)C1CCNCC1. The third-order valence-electron chi connectivity index (χ3n) is 6.96. The summed E-state index contributed by atoms with van der Waals surface area (Å²) in [6, 6.07) is 7.64. The standard InChI is InChI=1S/C26H31ClF4N4O.2ClH/c27-25(35(20-5-9-32-10-6-20)16-18-2-4-22(29)24(31)14-18)26(36)33-19-7-11-34(12-8-19)15-17-1-3-21(28)23(30)13-17;;/h1-4,13-14,19-20,25,32H,5-12,15-16H2,(H,33,36);2*1H. The van der Waals surface area contributed by atoms with Gasteiger partial charge in [-0.25, -0.2) is 17.6 Å². The van der Waals surface area contributed by atoms with Crippen LogP contribution in [0.5, 0.6) is 0 Å². The number of likely N-dealkylation sites (tertiary alicyclic amines) is 1. The Morgan fingerprint density at radius 1 is 0.921 bits per heavy atom. The van der Waals surface area contributed by atoms with Gasteiger partial charge < -0.3 is 10.6 Å². The maximum atomic E-state index is 13.8. The van der Waals surface area contributed by atoms with Gasteiger partial charge in [-0.05, 0) is 74.2 Å². The Hall–Kier alpha value is -1.62. The number of piperidine rings is 2. The molecule has 38 heavy (non-hydrogen) atoms. The van der Waals surface area contributed by atoms with E-state index in [0.717, 1.165) is 44.1 Å². The Bertz CT molecular complexity index is 1050. The fourth-order valence-corrected chi connectivity index (χ4v) is 5.22. The Morgan fingerprint density at radius 2 is 1.47 bits per heavy atom. The smallest absolute Gasteiger partial charge is 0.253 e. The van der Waals surface area contributed by atoms with Crippen LogP contribution in [-0.2, 0) is 17.9 Å². The second-order valence-corrected chi connectivity index (χ2v) is 9.96. The molecule has 0 saturated carbocycles. The molecule has 2 aromatic rings. The van der Waals surface area contributed by atoms with E-state index >= 15 is 0 Å². The molecule has 2 N–H and O–H groups in total. The van der Waals surface area contributed by atoms with Gasteiger partial charge in [0.05, 0.1) is 0 Å². The minimum absolute atomic E-state index is 0. The monoisotopic (exact) mass is 598 g/mol.